The molecule has 2 aromatic carbocycles. The SMILES string of the molecule is Cc1ccc(C(C)C)cc1Oc1ccc(F)cc1[C@@H](C)N. The van der Waals surface area contributed by atoms with Crippen molar-refractivity contribution in [2.75, 3.05) is 0 Å². The summed E-state index contributed by atoms with van der Waals surface area (Å²) in [6.45, 7) is 8.09. The van der Waals surface area contributed by atoms with E-state index in [2.05, 4.69) is 19.9 Å². The minimum absolute atomic E-state index is 0.288. The van der Waals surface area contributed by atoms with Gasteiger partial charge in [0.05, 0.1) is 0 Å². The standard InChI is InChI=1S/C18H22FNO/c1-11(2)14-6-5-12(3)18(9-14)21-17-8-7-15(19)10-16(17)13(4)20/h5-11,13H,20H2,1-4H3/t13-/m1/s1. The van der Waals surface area contributed by atoms with E-state index in [9.17, 15) is 4.39 Å². The summed E-state index contributed by atoms with van der Waals surface area (Å²) >= 11 is 0. The number of aryl methyl sites for hydroxylation is 1. The smallest absolute Gasteiger partial charge is 0.132 e. The van der Waals surface area contributed by atoms with Crippen molar-refractivity contribution >= 4 is 0 Å². The lowest BCUT2D eigenvalue weighted by Crippen LogP contribution is -2.07. The fourth-order valence-electron chi connectivity index (χ4n) is 2.17. The van der Waals surface area contributed by atoms with E-state index < -0.39 is 0 Å². The van der Waals surface area contributed by atoms with Crippen LogP contribution < -0.4 is 10.5 Å². The molecule has 1 atom stereocenters. The highest BCUT2D eigenvalue weighted by molar-refractivity contribution is 5.44. The van der Waals surface area contributed by atoms with Crippen LogP contribution in [-0.4, -0.2) is 0 Å². The Morgan fingerprint density at radius 2 is 1.71 bits per heavy atom. The van der Waals surface area contributed by atoms with Crippen LogP contribution in [-0.2, 0) is 0 Å². The molecule has 0 aliphatic heterocycles. The van der Waals surface area contributed by atoms with E-state index in [-0.39, 0.29) is 11.9 Å². The van der Waals surface area contributed by atoms with Gasteiger partial charge < -0.3 is 10.5 Å². The molecule has 2 rings (SSSR count). The Hall–Kier alpha value is -1.87. The second-order valence-electron chi connectivity index (χ2n) is 5.75. The van der Waals surface area contributed by atoms with Crippen LogP contribution >= 0.6 is 0 Å². The van der Waals surface area contributed by atoms with Crippen molar-refractivity contribution < 1.29 is 9.13 Å². The predicted molar refractivity (Wildman–Crippen MR) is 84.3 cm³/mol. The summed E-state index contributed by atoms with van der Waals surface area (Å²) in [6, 6.07) is 10.3. The molecule has 0 spiro atoms. The van der Waals surface area contributed by atoms with Gasteiger partial charge in [0.25, 0.3) is 0 Å². The summed E-state index contributed by atoms with van der Waals surface area (Å²) in [5.41, 5.74) is 8.83. The normalized spacial score (nSPS) is 12.5. The second-order valence-corrected chi connectivity index (χ2v) is 5.75. The Morgan fingerprint density at radius 1 is 1.00 bits per heavy atom. The molecule has 0 saturated carbocycles. The van der Waals surface area contributed by atoms with Gasteiger partial charge in [0.2, 0.25) is 0 Å². The highest BCUT2D eigenvalue weighted by atomic mass is 19.1. The highest BCUT2D eigenvalue weighted by Crippen LogP contribution is 2.32. The quantitative estimate of drug-likeness (QED) is 0.852. The van der Waals surface area contributed by atoms with Gasteiger partial charge in [-0.05, 0) is 55.2 Å². The first-order valence-corrected chi connectivity index (χ1v) is 7.22. The minimum Gasteiger partial charge on any atom is -0.457 e. The van der Waals surface area contributed by atoms with Crippen molar-refractivity contribution in [3.8, 4) is 11.5 Å². The topological polar surface area (TPSA) is 35.2 Å². The summed E-state index contributed by atoms with van der Waals surface area (Å²) in [5.74, 6) is 1.52. The number of hydrogen-bond acceptors (Lipinski definition) is 2. The Bertz CT molecular complexity index is 635. The molecule has 0 unspecified atom stereocenters. The first kappa shape index (κ1) is 15.5. The summed E-state index contributed by atoms with van der Waals surface area (Å²) in [6.07, 6.45) is 0. The number of rotatable bonds is 4. The molecule has 2 nitrogen and oxygen atoms in total. The van der Waals surface area contributed by atoms with Crippen LogP contribution in [0.2, 0.25) is 0 Å². The lowest BCUT2D eigenvalue weighted by atomic mass is 10.0. The molecule has 0 heterocycles. The van der Waals surface area contributed by atoms with Crippen molar-refractivity contribution in [2.24, 2.45) is 5.73 Å². The first-order chi connectivity index (χ1) is 9.88. The molecule has 112 valence electrons. The number of hydrogen-bond donors (Lipinski definition) is 1. The minimum atomic E-state index is -0.303. The predicted octanol–water partition coefficient (Wildman–Crippen LogP) is 5.07. The molecule has 2 N–H and O–H groups in total. The van der Waals surface area contributed by atoms with Crippen molar-refractivity contribution in [2.45, 2.75) is 39.7 Å². The largest absolute Gasteiger partial charge is 0.457 e. The number of ether oxygens (including phenoxy) is 1. The van der Waals surface area contributed by atoms with Gasteiger partial charge in [-0.15, -0.1) is 0 Å². The van der Waals surface area contributed by atoms with Crippen molar-refractivity contribution in [3.05, 3.63) is 58.9 Å². The van der Waals surface area contributed by atoms with Gasteiger partial charge in [-0.1, -0.05) is 26.0 Å². The fraction of sp³-hybridized carbons (Fsp3) is 0.333. The van der Waals surface area contributed by atoms with Crippen LogP contribution in [0.3, 0.4) is 0 Å². The third kappa shape index (κ3) is 3.61. The monoisotopic (exact) mass is 287 g/mol. The lowest BCUT2D eigenvalue weighted by molar-refractivity contribution is 0.465. The molecule has 3 heteroatoms. The van der Waals surface area contributed by atoms with Gasteiger partial charge in [-0.2, -0.15) is 0 Å². The van der Waals surface area contributed by atoms with Gasteiger partial charge in [0, 0.05) is 11.6 Å². The third-order valence-corrected chi connectivity index (χ3v) is 3.56. The van der Waals surface area contributed by atoms with Gasteiger partial charge in [-0.3, -0.25) is 0 Å². The van der Waals surface area contributed by atoms with E-state index in [0.717, 1.165) is 11.3 Å². The van der Waals surface area contributed by atoms with Crippen LogP contribution in [0.15, 0.2) is 36.4 Å². The fourth-order valence-corrected chi connectivity index (χ4v) is 2.17. The molecule has 0 fully saturated rings. The summed E-state index contributed by atoms with van der Waals surface area (Å²) < 4.78 is 19.4. The lowest BCUT2D eigenvalue weighted by Gasteiger charge is -2.16. The molecule has 0 saturated heterocycles. The zero-order valence-corrected chi connectivity index (χ0v) is 13.0. The number of halogens is 1. The van der Waals surface area contributed by atoms with E-state index in [1.807, 2.05) is 26.0 Å². The van der Waals surface area contributed by atoms with Crippen LogP contribution in [0, 0.1) is 12.7 Å². The van der Waals surface area contributed by atoms with Gasteiger partial charge in [0.15, 0.2) is 0 Å². The molecular weight excluding hydrogens is 265 g/mol. The van der Waals surface area contributed by atoms with Crippen molar-refractivity contribution in [1.29, 1.82) is 0 Å². The second kappa shape index (κ2) is 6.27. The van der Waals surface area contributed by atoms with Crippen LogP contribution in [0.5, 0.6) is 11.5 Å². The van der Waals surface area contributed by atoms with E-state index in [1.165, 1.54) is 17.7 Å². The third-order valence-electron chi connectivity index (χ3n) is 3.56. The molecule has 0 aromatic heterocycles. The van der Waals surface area contributed by atoms with Crippen LogP contribution in [0.4, 0.5) is 4.39 Å². The molecule has 0 radical (unpaired) electrons. The van der Waals surface area contributed by atoms with E-state index >= 15 is 0 Å². The van der Waals surface area contributed by atoms with Gasteiger partial charge in [-0.25, -0.2) is 4.39 Å². The Kier molecular flexibility index (Phi) is 4.63. The summed E-state index contributed by atoms with van der Waals surface area (Å²) in [7, 11) is 0. The maximum absolute atomic E-state index is 13.4. The maximum Gasteiger partial charge on any atom is 0.132 e. The molecule has 0 amide bonds. The van der Waals surface area contributed by atoms with Crippen LogP contribution in [0.25, 0.3) is 0 Å². The Balaban J connectivity index is 2.40. The zero-order valence-electron chi connectivity index (χ0n) is 13.0. The average Bonchev–Trinajstić information content (AvgIpc) is 2.42. The summed E-state index contributed by atoms with van der Waals surface area (Å²) in [4.78, 5) is 0. The molecule has 21 heavy (non-hydrogen) atoms. The van der Waals surface area contributed by atoms with Gasteiger partial charge >= 0.3 is 0 Å². The maximum atomic E-state index is 13.4. The molecule has 2 aromatic rings. The van der Waals surface area contributed by atoms with E-state index in [0.29, 0.717) is 17.2 Å². The number of nitrogens with two attached hydrogens (primary N) is 1. The zero-order chi connectivity index (χ0) is 15.6. The Labute approximate surface area is 125 Å². The molecule has 0 aliphatic rings. The Morgan fingerprint density at radius 3 is 2.33 bits per heavy atom. The van der Waals surface area contributed by atoms with Crippen molar-refractivity contribution in [3.63, 3.8) is 0 Å². The molecule has 0 bridgehead atoms. The summed E-state index contributed by atoms with van der Waals surface area (Å²) in [5, 5.41) is 0. The molecular formula is C18H22FNO. The van der Waals surface area contributed by atoms with E-state index in [1.54, 1.807) is 6.07 Å². The van der Waals surface area contributed by atoms with Crippen LogP contribution in [0.1, 0.15) is 49.4 Å². The average molecular weight is 287 g/mol. The van der Waals surface area contributed by atoms with Crippen molar-refractivity contribution in [1.82, 2.24) is 0 Å². The molecule has 0 aliphatic carbocycles. The first-order valence-electron chi connectivity index (χ1n) is 7.22. The van der Waals surface area contributed by atoms with Gasteiger partial charge in [0.1, 0.15) is 17.3 Å². The highest BCUT2D eigenvalue weighted by Gasteiger charge is 2.12. The number of benzene rings is 2. The van der Waals surface area contributed by atoms with E-state index in [4.69, 9.17) is 10.5 Å².